The smallest absolute Gasteiger partial charge is 0.0597 e. The second-order valence-corrected chi connectivity index (χ2v) is 4.99. The van der Waals surface area contributed by atoms with Gasteiger partial charge in [-0.15, -0.1) is 0 Å². The summed E-state index contributed by atoms with van der Waals surface area (Å²) in [4.78, 5) is 6.79. The van der Waals surface area contributed by atoms with E-state index >= 15 is 0 Å². The number of rotatable bonds is 2. The van der Waals surface area contributed by atoms with E-state index in [1.807, 2.05) is 18.3 Å². The lowest BCUT2D eigenvalue weighted by atomic mass is 9.98. The van der Waals surface area contributed by atoms with Gasteiger partial charge in [0.15, 0.2) is 0 Å². The van der Waals surface area contributed by atoms with Gasteiger partial charge in [-0.2, -0.15) is 12.6 Å². The lowest BCUT2D eigenvalue weighted by Crippen LogP contribution is -2.32. The number of likely N-dealkylation sites (tertiary alicyclic amines) is 1. The summed E-state index contributed by atoms with van der Waals surface area (Å²) in [5, 5.41) is 0.230. The first-order valence-corrected chi connectivity index (χ1v) is 6.01. The van der Waals surface area contributed by atoms with E-state index in [2.05, 4.69) is 29.9 Å². The third-order valence-corrected chi connectivity index (χ3v) is 3.91. The van der Waals surface area contributed by atoms with Crippen molar-refractivity contribution in [3.05, 3.63) is 30.1 Å². The van der Waals surface area contributed by atoms with Crippen molar-refractivity contribution in [2.45, 2.75) is 24.6 Å². The number of aromatic nitrogens is 1. The first-order chi connectivity index (χ1) is 7.20. The van der Waals surface area contributed by atoms with Crippen LogP contribution in [0.2, 0.25) is 0 Å². The van der Waals surface area contributed by atoms with Crippen LogP contribution in [-0.2, 0) is 0 Å². The third kappa shape index (κ3) is 2.18. The van der Waals surface area contributed by atoms with Crippen molar-refractivity contribution < 1.29 is 0 Å². The fraction of sp³-hybridized carbons (Fsp3) is 0.583. The summed E-state index contributed by atoms with van der Waals surface area (Å²) in [6.45, 7) is 3.48. The maximum atomic E-state index is 4.73. The lowest BCUT2D eigenvalue weighted by molar-refractivity contribution is 0.273. The summed E-state index contributed by atoms with van der Waals surface area (Å²) < 4.78 is 0. The molecule has 3 unspecified atom stereocenters. The molecule has 0 aromatic carbocycles. The number of thiol groups is 1. The summed E-state index contributed by atoms with van der Waals surface area (Å²) in [5.74, 6) is 0.708. The molecule has 2 heterocycles. The molecule has 0 aliphatic carbocycles. The Labute approximate surface area is 97.1 Å². The second kappa shape index (κ2) is 4.54. The van der Waals surface area contributed by atoms with Gasteiger partial charge in [0.2, 0.25) is 0 Å². The molecule has 2 nitrogen and oxygen atoms in total. The minimum absolute atomic E-state index is 0.230. The maximum Gasteiger partial charge on any atom is 0.0597 e. The van der Waals surface area contributed by atoms with Gasteiger partial charge >= 0.3 is 0 Å². The Morgan fingerprint density at radius 2 is 2.33 bits per heavy atom. The molecule has 0 saturated carbocycles. The Morgan fingerprint density at radius 3 is 2.87 bits per heavy atom. The van der Waals surface area contributed by atoms with Crippen molar-refractivity contribution in [1.82, 2.24) is 9.88 Å². The van der Waals surface area contributed by atoms with Gasteiger partial charge in [0.05, 0.1) is 10.9 Å². The van der Waals surface area contributed by atoms with Crippen LogP contribution in [0.25, 0.3) is 0 Å². The molecule has 1 aromatic heterocycles. The van der Waals surface area contributed by atoms with Crippen LogP contribution in [-0.4, -0.2) is 29.5 Å². The zero-order chi connectivity index (χ0) is 10.8. The normalized spacial score (nSPS) is 29.3. The maximum absolute atomic E-state index is 4.73. The molecule has 1 saturated heterocycles. The molecule has 3 atom stereocenters. The highest BCUT2D eigenvalue weighted by atomic mass is 32.1. The number of nitrogens with zero attached hydrogens (tertiary/aromatic N) is 2. The van der Waals surface area contributed by atoms with Gasteiger partial charge in [0, 0.05) is 12.2 Å². The van der Waals surface area contributed by atoms with Crippen LogP contribution >= 0.6 is 12.6 Å². The summed E-state index contributed by atoms with van der Waals surface area (Å²) >= 11 is 4.73. The fourth-order valence-electron chi connectivity index (χ4n) is 2.44. The van der Waals surface area contributed by atoms with Crippen LogP contribution in [0, 0.1) is 5.92 Å². The minimum atomic E-state index is 0.230. The minimum Gasteiger partial charge on any atom is -0.302 e. The van der Waals surface area contributed by atoms with E-state index < -0.39 is 0 Å². The fourth-order valence-corrected chi connectivity index (χ4v) is 3.11. The zero-order valence-corrected chi connectivity index (χ0v) is 10.2. The van der Waals surface area contributed by atoms with Crippen molar-refractivity contribution in [3.63, 3.8) is 0 Å². The van der Waals surface area contributed by atoms with Crippen LogP contribution in [0.3, 0.4) is 0 Å². The van der Waals surface area contributed by atoms with Gasteiger partial charge in [-0.1, -0.05) is 13.0 Å². The van der Waals surface area contributed by atoms with E-state index in [0.29, 0.717) is 12.0 Å². The molecular formula is C12H18N2S. The Hall–Kier alpha value is -0.540. The van der Waals surface area contributed by atoms with Gasteiger partial charge in [-0.3, -0.25) is 4.98 Å². The van der Waals surface area contributed by atoms with Gasteiger partial charge < -0.3 is 4.90 Å². The average Bonchev–Trinajstić information content (AvgIpc) is 2.59. The van der Waals surface area contributed by atoms with Gasteiger partial charge in [0.25, 0.3) is 0 Å². The summed E-state index contributed by atoms with van der Waals surface area (Å²) in [6.07, 6.45) is 3.11. The summed E-state index contributed by atoms with van der Waals surface area (Å²) in [7, 11) is 2.18. The van der Waals surface area contributed by atoms with E-state index in [9.17, 15) is 0 Å². The molecule has 2 rings (SSSR count). The van der Waals surface area contributed by atoms with Crippen molar-refractivity contribution in [2.75, 3.05) is 13.6 Å². The highest BCUT2D eigenvalue weighted by Gasteiger charge is 2.34. The molecule has 15 heavy (non-hydrogen) atoms. The number of hydrogen-bond donors (Lipinski definition) is 1. The van der Waals surface area contributed by atoms with Crippen molar-refractivity contribution in [3.8, 4) is 0 Å². The van der Waals surface area contributed by atoms with Crippen molar-refractivity contribution >= 4 is 12.6 Å². The highest BCUT2D eigenvalue weighted by Crippen LogP contribution is 2.35. The molecule has 1 aromatic rings. The molecule has 82 valence electrons. The van der Waals surface area contributed by atoms with Crippen LogP contribution in [0.5, 0.6) is 0 Å². The standard InChI is InChI=1S/C12H18N2S/c1-9-6-8-14(2)11(9)12(15)10-5-3-4-7-13-10/h3-5,7,9,11-12,15H,6,8H2,1-2H3. The number of hydrogen-bond acceptors (Lipinski definition) is 3. The van der Waals surface area contributed by atoms with Gasteiger partial charge in [-0.05, 0) is 38.1 Å². The molecule has 0 spiro atoms. The Bertz CT molecular complexity index is 305. The van der Waals surface area contributed by atoms with Crippen LogP contribution < -0.4 is 0 Å². The Kier molecular flexibility index (Phi) is 3.32. The predicted molar refractivity (Wildman–Crippen MR) is 66.2 cm³/mol. The largest absolute Gasteiger partial charge is 0.302 e. The van der Waals surface area contributed by atoms with Gasteiger partial charge in [-0.25, -0.2) is 0 Å². The molecule has 0 N–H and O–H groups in total. The first kappa shape index (κ1) is 11.0. The third-order valence-electron chi connectivity index (χ3n) is 3.34. The SMILES string of the molecule is CC1CCN(C)C1C(S)c1ccccn1. The molecule has 1 aliphatic heterocycles. The first-order valence-electron chi connectivity index (χ1n) is 5.49. The van der Waals surface area contributed by atoms with Crippen molar-refractivity contribution in [2.24, 2.45) is 5.92 Å². The quantitative estimate of drug-likeness (QED) is 0.773. The number of likely N-dealkylation sites (N-methyl/N-ethyl adjacent to an activating group) is 1. The Balaban J connectivity index is 2.17. The molecular weight excluding hydrogens is 204 g/mol. The lowest BCUT2D eigenvalue weighted by Gasteiger charge is -2.28. The monoisotopic (exact) mass is 222 g/mol. The molecule has 0 amide bonds. The summed E-state index contributed by atoms with van der Waals surface area (Å²) in [6, 6.07) is 6.57. The average molecular weight is 222 g/mol. The van der Waals surface area contributed by atoms with E-state index in [1.165, 1.54) is 13.0 Å². The predicted octanol–water partition coefficient (Wildman–Crippen LogP) is 2.39. The van der Waals surface area contributed by atoms with Crippen molar-refractivity contribution in [1.29, 1.82) is 0 Å². The Morgan fingerprint density at radius 1 is 1.53 bits per heavy atom. The topological polar surface area (TPSA) is 16.1 Å². The van der Waals surface area contributed by atoms with Crippen LogP contribution in [0.1, 0.15) is 24.3 Å². The van der Waals surface area contributed by atoms with E-state index in [0.717, 1.165) is 5.69 Å². The second-order valence-electron chi connectivity index (χ2n) is 4.44. The van der Waals surface area contributed by atoms with E-state index in [4.69, 9.17) is 12.6 Å². The van der Waals surface area contributed by atoms with E-state index in [1.54, 1.807) is 0 Å². The molecule has 0 radical (unpaired) electrons. The van der Waals surface area contributed by atoms with Crippen LogP contribution in [0.4, 0.5) is 0 Å². The van der Waals surface area contributed by atoms with Gasteiger partial charge in [0.1, 0.15) is 0 Å². The summed E-state index contributed by atoms with van der Waals surface area (Å²) in [5.41, 5.74) is 1.09. The molecule has 1 aliphatic rings. The molecule has 1 fully saturated rings. The molecule has 3 heteroatoms. The number of pyridine rings is 1. The molecule has 0 bridgehead atoms. The van der Waals surface area contributed by atoms with E-state index in [-0.39, 0.29) is 5.25 Å². The van der Waals surface area contributed by atoms with Crippen LogP contribution in [0.15, 0.2) is 24.4 Å². The highest BCUT2D eigenvalue weighted by molar-refractivity contribution is 7.80. The zero-order valence-electron chi connectivity index (χ0n) is 9.30.